The Morgan fingerprint density at radius 3 is 2.75 bits per heavy atom. The summed E-state index contributed by atoms with van der Waals surface area (Å²) in [5.74, 6) is 0.444. The average Bonchev–Trinajstić information content (AvgIpc) is 3.47. The molecule has 1 unspecified atom stereocenters. The highest BCUT2D eigenvalue weighted by molar-refractivity contribution is 5.98. The molecular formula is C26H29N7O3. The molecule has 0 aromatic carbocycles. The lowest BCUT2D eigenvalue weighted by molar-refractivity contribution is 0.0886. The van der Waals surface area contributed by atoms with Crippen molar-refractivity contribution in [3.8, 4) is 0 Å². The molecule has 1 aliphatic carbocycles. The minimum absolute atomic E-state index is 0.00462. The van der Waals surface area contributed by atoms with E-state index in [1.54, 1.807) is 17.0 Å². The van der Waals surface area contributed by atoms with E-state index >= 15 is 0 Å². The predicted octanol–water partition coefficient (Wildman–Crippen LogP) is 2.70. The summed E-state index contributed by atoms with van der Waals surface area (Å²) in [7, 11) is 0. The second-order valence-electron chi connectivity index (χ2n) is 10.6. The number of Topliss-reactive ketones (excluding diaryl/α,β-unsaturated/α-hetero) is 1. The highest BCUT2D eigenvalue weighted by atomic mass is 16.1. The number of hydrogen-bond acceptors (Lipinski definition) is 6. The number of nitrogens with zero attached hydrogens (tertiary/aromatic N) is 4. The standard InChI is InChI=1S/C26H29N7O3/c1-26(2)13-16(10-17-14-28-31-23(17)26)22(35)15-11-20(29-21(34)12-15)32-8-5-18(6-9-32)33-19-4-3-7-27-24(19)30-25(33)36/h3-4,7,11-12,14,16,18H,5-6,8-10,13H2,1-2H3,(H,28,31)(H,29,34)(H,27,30,36). The van der Waals surface area contributed by atoms with E-state index in [9.17, 15) is 14.4 Å². The van der Waals surface area contributed by atoms with Crippen molar-refractivity contribution in [1.29, 1.82) is 0 Å². The van der Waals surface area contributed by atoms with Crippen LogP contribution in [0, 0.1) is 5.92 Å². The van der Waals surface area contributed by atoms with Crippen LogP contribution in [0.25, 0.3) is 11.2 Å². The second kappa shape index (κ2) is 8.32. The molecule has 0 amide bonds. The van der Waals surface area contributed by atoms with Crippen LogP contribution in [0.5, 0.6) is 0 Å². The third-order valence-electron chi connectivity index (χ3n) is 7.76. The third kappa shape index (κ3) is 3.77. The maximum atomic E-state index is 13.5. The minimum atomic E-state index is -0.282. The Labute approximate surface area is 206 Å². The summed E-state index contributed by atoms with van der Waals surface area (Å²) >= 11 is 0. The van der Waals surface area contributed by atoms with E-state index in [0.717, 1.165) is 29.6 Å². The van der Waals surface area contributed by atoms with Gasteiger partial charge < -0.3 is 9.88 Å². The van der Waals surface area contributed by atoms with E-state index in [1.165, 1.54) is 6.07 Å². The van der Waals surface area contributed by atoms with Crippen molar-refractivity contribution < 1.29 is 4.79 Å². The second-order valence-corrected chi connectivity index (χ2v) is 10.6. The van der Waals surface area contributed by atoms with Gasteiger partial charge >= 0.3 is 5.69 Å². The number of ketones is 1. The van der Waals surface area contributed by atoms with Crippen LogP contribution in [0.4, 0.5) is 5.82 Å². The predicted molar refractivity (Wildman–Crippen MR) is 136 cm³/mol. The lowest BCUT2D eigenvalue weighted by Crippen LogP contribution is -2.38. The molecule has 0 radical (unpaired) electrons. The lowest BCUT2D eigenvalue weighted by atomic mass is 9.70. The Bertz CT molecular complexity index is 1570. The van der Waals surface area contributed by atoms with Crippen molar-refractivity contribution in [2.75, 3.05) is 18.0 Å². The van der Waals surface area contributed by atoms with Gasteiger partial charge in [0.1, 0.15) is 5.82 Å². The van der Waals surface area contributed by atoms with Gasteiger partial charge in [0.2, 0.25) is 5.56 Å². The van der Waals surface area contributed by atoms with E-state index in [4.69, 9.17) is 0 Å². The van der Waals surface area contributed by atoms with Crippen molar-refractivity contribution >= 4 is 22.8 Å². The number of carbonyl (C=O) groups excluding carboxylic acids is 1. The molecule has 36 heavy (non-hydrogen) atoms. The van der Waals surface area contributed by atoms with Gasteiger partial charge in [-0.15, -0.1) is 0 Å². The Morgan fingerprint density at radius 1 is 1.14 bits per heavy atom. The fraction of sp³-hybridized carbons (Fsp3) is 0.423. The van der Waals surface area contributed by atoms with Crippen molar-refractivity contribution in [2.24, 2.45) is 5.92 Å². The molecule has 186 valence electrons. The molecule has 4 aromatic heterocycles. The number of fused-ring (bicyclic) bond motifs is 2. The SMILES string of the molecule is CC1(C)CC(C(=O)c2cc(N3CCC(n4c(=O)[nH]c5ncccc54)CC3)[nH]c(=O)c2)Cc2cn[nH]c21. The zero-order valence-corrected chi connectivity index (χ0v) is 20.4. The van der Waals surface area contributed by atoms with Gasteiger partial charge in [-0.25, -0.2) is 9.78 Å². The third-order valence-corrected chi connectivity index (χ3v) is 7.76. The Kier molecular flexibility index (Phi) is 5.20. The monoisotopic (exact) mass is 487 g/mol. The first-order valence-corrected chi connectivity index (χ1v) is 12.4. The molecule has 4 aromatic rings. The fourth-order valence-corrected chi connectivity index (χ4v) is 6.06. The van der Waals surface area contributed by atoms with Gasteiger partial charge in [0.15, 0.2) is 11.4 Å². The van der Waals surface area contributed by atoms with Crippen LogP contribution in [-0.4, -0.2) is 48.6 Å². The number of rotatable bonds is 4. The molecule has 0 saturated carbocycles. The van der Waals surface area contributed by atoms with Gasteiger partial charge in [-0.2, -0.15) is 5.10 Å². The van der Waals surface area contributed by atoms with Crippen LogP contribution < -0.4 is 16.1 Å². The first-order chi connectivity index (χ1) is 17.3. The Hall–Kier alpha value is -3.95. The molecule has 10 nitrogen and oxygen atoms in total. The molecule has 0 spiro atoms. The summed E-state index contributed by atoms with van der Waals surface area (Å²) < 4.78 is 1.79. The number of aromatic nitrogens is 6. The number of carbonyl (C=O) groups is 1. The van der Waals surface area contributed by atoms with Gasteiger partial charge in [0.25, 0.3) is 0 Å². The molecule has 1 fully saturated rings. The molecule has 3 N–H and O–H groups in total. The Balaban J connectivity index is 1.21. The minimum Gasteiger partial charge on any atom is -0.358 e. The van der Waals surface area contributed by atoms with Crippen LogP contribution >= 0.6 is 0 Å². The maximum absolute atomic E-state index is 13.5. The molecule has 10 heteroatoms. The number of piperidine rings is 1. The van der Waals surface area contributed by atoms with Crippen LogP contribution in [0.3, 0.4) is 0 Å². The number of H-pyrrole nitrogens is 3. The van der Waals surface area contributed by atoms with E-state index in [-0.39, 0.29) is 34.4 Å². The fourth-order valence-electron chi connectivity index (χ4n) is 6.06. The molecule has 2 aliphatic rings. The normalized spacial score (nSPS) is 19.9. The smallest absolute Gasteiger partial charge is 0.327 e. The zero-order valence-electron chi connectivity index (χ0n) is 20.4. The van der Waals surface area contributed by atoms with E-state index in [1.807, 2.05) is 18.2 Å². The van der Waals surface area contributed by atoms with Gasteiger partial charge in [0.05, 0.1) is 11.7 Å². The largest absolute Gasteiger partial charge is 0.358 e. The summed E-state index contributed by atoms with van der Waals surface area (Å²) in [4.78, 5) is 50.7. The van der Waals surface area contributed by atoms with Gasteiger partial charge in [-0.05, 0) is 49.4 Å². The van der Waals surface area contributed by atoms with Crippen molar-refractivity contribution in [1.82, 2.24) is 29.7 Å². The molecular weight excluding hydrogens is 458 g/mol. The highest BCUT2D eigenvalue weighted by Gasteiger charge is 2.38. The highest BCUT2D eigenvalue weighted by Crippen LogP contribution is 2.39. The molecule has 5 heterocycles. The van der Waals surface area contributed by atoms with E-state index in [0.29, 0.717) is 43.0 Å². The molecule has 6 rings (SSSR count). The summed E-state index contributed by atoms with van der Waals surface area (Å²) in [5, 5.41) is 7.26. The van der Waals surface area contributed by atoms with Gasteiger partial charge in [-0.1, -0.05) is 13.8 Å². The summed E-state index contributed by atoms with van der Waals surface area (Å²) in [6.45, 7) is 5.55. The van der Waals surface area contributed by atoms with Crippen LogP contribution in [0.2, 0.25) is 0 Å². The number of imidazole rings is 1. The first kappa shape index (κ1) is 22.5. The van der Waals surface area contributed by atoms with Gasteiger partial charge in [-0.3, -0.25) is 24.2 Å². The number of aromatic amines is 3. The van der Waals surface area contributed by atoms with Crippen molar-refractivity contribution in [2.45, 2.75) is 51.0 Å². The number of anilines is 1. The molecule has 1 aliphatic heterocycles. The molecule has 1 saturated heterocycles. The zero-order chi connectivity index (χ0) is 25.0. The number of nitrogens with one attached hydrogen (secondary N) is 3. The lowest BCUT2D eigenvalue weighted by Gasteiger charge is -2.35. The van der Waals surface area contributed by atoms with Crippen molar-refractivity contribution in [3.63, 3.8) is 0 Å². The average molecular weight is 488 g/mol. The maximum Gasteiger partial charge on any atom is 0.327 e. The van der Waals surface area contributed by atoms with Crippen LogP contribution in [0.1, 0.15) is 60.8 Å². The van der Waals surface area contributed by atoms with E-state index < -0.39 is 0 Å². The quantitative estimate of drug-likeness (QED) is 0.379. The van der Waals surface area contributed by atoms with Crippen molar-refractivity contribution in [3.05, 3.63) is 74.3 Å². The van der Waals surface area contributed by atoms with Crippen LogP contribution in [0.15, 0.2) is 46.2 Å². The topological polar surface area (TPSA) is 133 Å². The Morgan fingerprint density at radius 2 is 1.94 bits per heavy atom. The number of pyridine rings is 2. The summed E-state index contributed by atoms with van der Waals surface area (Å²) in [6.07, 6.45) is 6.26. The molecule has 1 atom stereocenters. The summed E-state index contributed by atoms with van der Waals surface area (Å²) in [5.41, 5.74) is 3.38. The molecule has 0 bridgehead atoms. The summed E-state index contributed by atoms with van der Waals surface area (Å²) in [6, 6.07) is 6.99. The van der Waals surface area contributed by atoms with E-state index in [2.05, 4.69) is 43.9 Å². The van der Waals surface area contributed by atoms with Gasteiger partial charge in [0, 0.05) is 54.0 Å². The number of hydrogen-bond donors (Lipinski definition) is 3. The first-order valence-electron chi connectivity index (χ1n) is 12.4. The van der Waals surface area contributed by atoms with Crippen LogP contribution in [-0.2, 0) is 11.8 Å².